The first-order chi connectivity index (χ1) is 19.3. The minimum absolute atomic E-state index is 0.0207. The molecule has 0 bridgehead atoms. The molecule has 5 nitrogen and oxygen atoms in total. The Bertz CT molecular complexity index is 1470. The van der Waals surface area contributed by atoms with Crippen LogP contribution >= 0.6 is 11.6 Å². The van der Waals surface area contributed by atoms with Crippen molar-refractivity contribution in [1.29, 1.82) is 0 Å². The molecule has 1 N–H and O–H groups in total. The Morgan fingerprint density at radius 2 is 1.49 bits per heavy atom. The Labute approximate surface area is 237 Å². The number of allylic oxidation sites excluding steroid dienone is 1. The molecule has 1 unspecified atom stereocenters. The molecule has 0 amide bonds. The van der Waals surface area contributed by atoms with E-state index in [0.29, 0.717) is 27.4 Å². The van der Waals surface area contributed by atoms with Gasteiger partial charge >= 0.3 is 18.3 Å². The van der Waals surface area contributed by atoms with E-state index >= 15 is 0 Å². The highest BCUT2D eigenvalue weighted by Gasteiger charge is 2.36. The molecular formula is C29H24ClF6N3O2. The summed E-state index contributed by atoms with van der Waals surface area (Å²) in [4.78, 5) is 19.2. The summed E-state index contributed by atoms with van der Waals surface area (Å²) in [5, 5.41) is 3.62. The molecule has 0 radical (unpaired) electrons. The summed E-state index contributed by atoms with van der Waals surface area (Å²) in [6.45, 7) is 1.67. The lowest BCUT2D eigenvalue weighted by atomic mass is 9.94. The number of aliphatic imine (C=N–C) groups is 1. The zero-order valence-corrected chi connectivity index (χ0v) is 22.5. The van der Waals surface area contributed by atoms with Gasteiger partial charge in [0.2, 0.25) is 0 Å². The van der Waals surface area contributed by atoms with E-state index in [2.05, 4.69) is 10.3 Å². The molecule has 216 valence electrons. The van der Waals surface area contributed by atoms with E-state index in [1.807, 2.05) is 0 Å². The van der Waals surface area contributed by atoms with Crippen molar-refractivity contribution in [3.63, 3.8) is 0 Å². The molecule has 1 aliphatic rings. The van der Waals surface area contributed by atoms with E-state index in [0.717, 1.165) is 24.3 Å². The third-order valence-electron chi connectivity index (χ3n) is 6.51. The molecule has 1 aliphatic heterocycles. The Kier molecular flexibility index (Phi) is 8.67. The fourth-order valence-corrected chi connectivity index (χ4v) is 4.57. The van der Waals surface area contributed by atoms with Crippen molar-refractivity contribution in [1.82, 2.24) is 10.2 Å². The summed E-state index contributed by atoms with van der Waals surface area (Å²) >= 11 is 6.20. The molecule has 0 aromatic heterocycles. The number of rotatable bonds is 6. The average molecular weight is 596 g/mol. The average Bonchev–Trinajstić information content (AvgIpc) is 2.92. The number of carbonyl (C=O) groups excluding carboxylic acids is 1. The molecular weight excluding hydrogens is 572 g/mol. The molecule has 1 heterocycles. The summed E-state index contributed by atoms with van der Waals surface area (Å²) < 4.78 is 83.3. The highest BCUT2D eigenvalue weighted by molar-refractivity contribution is 6.30. The van der Waals surface area contributed by atoms with Gasteiger partial charge in [0.15, 0.2) is 5.96 Å². The van der Waals surface area contributed by atoms with Gasteiger partial charge < -0.3 is 15.0 Å². The number of halogens is 7. The molecule has 0 aliphatic carbocycles. The lowest BCUT2D eigenvalue weighted by Gasteiger charge is -2.38. The molecule has 0 spiro atoms. The van der Waals surface area contributed by atoms with Gasteiger partial charge in [0.05, 0.1) is 42.9 Å². The van der Waals surface area contributed by atoms with E-state index in [-0.39, 0.29) is 24.6 Å². The second-order valence-electron chi connectivity index (χ2n) is 9.24. The number of nitrogens with zero attached hydrogens (tertiary/aromatic N) is 2. The summed E-state index contributed by atoms with van der Waals surface area (Å²) in [7, 11) is 1.23. The fraction of sp³-hybridized carbons (Fsp3) is 0.241. The monoisotopic (exact) mass is 595 g/mol. The Hall–Kier alpha value is -3.99. The van der Waals surface area contributed by atoms with Crippen molar-refractivity contribution in [2.75, 3.05) is 7.11 Å². The molecule has 0 saturated carbocycles. The molecule has 12 heteroatoms. The number of alkyl halides is 6. The maximum Gasteiger partial charge on any atom is 0.416 e. The fourth-order valence-electron chi connectivity index (χ4n) is 4.38. The van der Waals surface area contributed by atoms with E-state index in [9.17, 15) is 31.1 Å². The number of esters is 1. The van der Waals surface area contributed by atoms with Crippen molar-refractivity contribution in [2.24, 2.45) is 4.99 Å². The van der Waals surface area contributed by atoms with Crippen LogP contribution in [0, 0.1) is 0 Å². The van der Waals surface area contributed by atoms with Crippen molar-refractivity contribution < 1.29 is 35.9 Å². The van der Waals surface area contributed by atoms with Gasteiger partial charge in [-0.2, -0.15) is 26.3 Å². The summed E-state index contributed by atoms with van der Waals surface area (Å²) in [6, 6.07) is 15.1. The predicted octanol–water partition coefficient (Wildman–Crippen LogP) is 7.53. The normalized spacial score (nSPS) is 17.0. The summed E-state index contributed by atoms with van der Waals surface area (Å²) in [5.74, 6) is -0.390. The van der Waals surface area contributed by atoms with Gasteiger partial charge in [-0.1, -0.05) is 48.0 Å². The molecule has 0 saturated heterocycles. The molecule has 0 fully saturated rings. The molecule has 41 heavy (non-hydrogen) atoms. The quantitative estimate of drug-likeness (QED) is 0.236. The maximum atomic E-state index is 13.1. The Morgan fingerprint density at radius 3 is 2.00 bits per heavy atom. The third-order valence-corrected chi connectivity index (χ3v) is 6.75. The van der Waals surface area contributed by atoms with Gasteiger partial charge in [0, 0.05) is 10.7 Å². The topological polar surface area (TPSA) is 53.9 Å². The third kappa shape index (κ3) is 7.02. The zero-order chi connectivity index (χ0) is 29.9. The van der Waals surface area contributed by atoms with Gasteiger partial charge in [-0.05, 0) is 60.0 Å². The smallest absolute Gasteiger partial charge is 0.416 e. The highest BCUT2D eigenvalue weighted by Crippen LogP contribution is 2.34. The van der Waals surface area contributed by atoms with Crippen LogP contribution in [0.15, 0.2) is 89.1 Å². The van der Waals surface area contributed by atoms with Gasteiger partial charge in [-0.15, -0.1) is 0 Å². The van der Waals surface area contributed by atoms with E-state index in [1.165, 1.54) is 31.4 Å². The van der Waals surface area contributed by atoms with Crippen LogP contribution in [-0.2, 0) is 35.0 Å². The summed E-state index contributed by atoms with van der Waals surface area (Å²) in [5.41, 5.74) is 0.651. The number of ether oxygens (including phenoxy) is 1. The zero-order valence-electron chi connectivity index (χ0n) is 21.8. The predicted molar refractivity (Wildman–Crippen MR) is 142 cm³/mol. The Morgan fingerprint density at radius 1 is 0.927 bits per heavy atom. The molecule has 1 atom stereocenters. The van der Waals surface area contributed by atoms with E-state index < -0.39 is 35.5 Å². The first kappa shape index (κ1) is 30.0. The van der Waals surface area contributed by atoms with Gasteiger partial charge in [-0.3, -0.25) is 0 Å². The van der Waals surface area contributed by atoms with Crippen molar-refractivity contribution in [2.45, 2.75) is 38.4 Å². The number of carbonyl (C=O) groups is 1. The molecule has 3 aromatic carbocycles. The van der Waals surface area contributed by atoms with Crippen LogP contribution < -0.4 is 5.32 Å². The number of nitrogens with one attached hydrogen (secondary N) is 1. The number of guanidine groups is 1. The van der Waals surface area contributed by atoms with Crippen molar-refractivity contribution in [3.05, 3.63) is 117 Å². The number of hydrogen-bond acceptors (Lipinski definition) is 3. The first-order valence-electron chi connectivity index (χ1n) is 12.2. The van der Waals surface area contributed by atoms with Crippen LogP contribution in [0.25, 0.3) is 0 Å². The largest absolute Gasteiger partial charge is 0.466 e. The number of benzene rings is 3. The number of methoxy groups -OCH3 is 1. The van der Waals surface area contributed by atoms with Crippen molar-refractivity contribution in [3.8, 4) is 0 Å². The molecule has 4 rings (SSSR count). The first-order valence-corrected chi connectivity index (χ1v) is 12.6. The van der Waals surface area contributed by atoms with Crippen LogP contribution in [0.2, 0.25) is 5.02 Å². The lowest BCUT2D eigenvalue weighted by molar-refractivity contribution is -0.138. The summed E-state index contributed by atoms with van der Waals surface area (Å²) in [6.07, 6.45) is -8.98. The maximum absolute atomic E-state index is 13.1. The number of hydrogen-bond donors (Lipinski definition) is 1. The minimum Gasteiger partial charge on any atom is -0.466 e. The van der Waals surface area contributed by atoms with Crippen molar-refractivity contribution >= 4 is 23.5 Å². The van der Waals surface area contributed by atoms with Crippen LogP contribution in [0.1, 0.15) is 40.8 Å². The van der Waals surface area contributed by atoms with Crippen LogP contribution in [0.3, 0.4) is 0 Å². The van der Waals surface area contributed by atoms with Gasteiger partial charge in [0.1, 0.15) is 0 Å². The van der Waals surface area contributed by atoms with Gasteiger partial charge in [0.25, 0.3) is 0 Å². The minimum atomic E-state index is -4.50. The van der Waals surface area contributed by atoms with E-state index in [4.69, 9.17) is 16.3 Å². The van der Waals surface area contributed by atoms with Gasteiger partial charge in [-0.25, -0.2) is 9.79 Å². The standard InChI is InChI=1S/C29H24ClF6N3O2/c1-17-24(26(40)41-2)25(20-4-3-5-23(30)14-20)38-27(37-15-18-6-10-21(11-7-18)28(31,32)33)39(17)16-19-8-12-22(13-9-19)29(34,35)36/h3-14,25H,15-16H2,1-2H3,(H,37,38). The molecule has 3 aromatic rings. The highest BCUT2D eigenvalue weighted by atomic mass is 35.5. The van der Waals surface area contributed by atoms with Crippen LogP contribution in [0.4, 0.5) is 26.3 Å². The van der Waals surface area contributed by atoms with Crippen LogP contribution in [-0.4, -0.2) is 23.9 Å². The lowest BCUT2D eigenvalue weighted by Crippen LogP contribution is -2.48. The van der Waals surface area contributed by atoms with Crippen LogP contribution in [0.5, 0.6) is 0 Å². The van der Waals surface area contributed by atoms with E-state index in [1.54, 1.807) is 36.1 Å². The SMILES string of the molecule is COC(=O)C1=C(C)N(Cc2ccc(C(F)(F)F)cc2)C(=NCc2ccc(C(F)(F)F)cc2)NC1c1cccc(Cl)c1. The second kappa shape index (κ2) is 11.9. The second-order valence-corrected chi connectivity index (χ2v) is 9.67. The Balaban J connectivity index is 1.76.